The number of hydrogen-bond donors (Lipinski definition) is 0. The summed E-state index contributed by atoms with van der Waals surface area (Å²) >= 11 is 0. The molecule has 0 spiro atoms. The van der Waals surface area contributed by atoms with Crippen LogP contribution < -0.4 is 4.31 Å². The van der Waals surface area contributed by atoms with Crippen molar-refractivity contribution in [2.45, 2.75) is 4.90 Å². The van der Waals surface area contributed by atoms with Crippen LogP contribution in [0.15, 0.2) is 65.6 Å². The third-order valence-corrected chi connectivity index (χ3v) is 5.43. The van der Waals surface area contributed by atoms with Crippen molar-refractivity contribution in [2.75, 3.05) is 11.4 Å². The number of anilines is 1. The first-order valence-electron chi connectivity index (χ1n) is 6.82. The van der Waals surface area contributed by atoms with Crippen LogP contribution in [0.25, 0.3) is 10.8 Å². The van der Waals surface area contributed by atoms with Gasteiger partial charge in [0.05, 0.1) is 10.6 Å². The number of fused-ring (bicyclic) bond motifs is 1. The Morgan fingerprint density at radius 2 is 1.52 bits per heavy atom. The number of rotatable bonds is 3. The van der Waals surface area contributed by atoms with E-state index in [1.165, 1.54) is 19.2 Å². The van der Waals surface area contributed by atoms with E-state index in [1.807, 2.05) is 24.3 Å². The first kappa shape index (κ1) is 15.4. The number of sulfonamides is 1. The lowest BCUT2D eigenvalue weighted by molar-refractivity contribution is 0.509. The minimum absolute atomic E-state index is 0.0528. The Bertz CT molecular complexity index is 987. The van der Waals surface area contributed by atoms with Gasteiger partial charge in [0.2, 0.25) is 0 Å². The van der Waals surface area contributed by atoms with Gasteiger partial charge in [0.25, 0.3) is 10.0 Å². The fourth-order valence-electron chi connectivity index (χ4n) is 2.31. The highest BCUT2D eigenvalue weighted by molar-refractivity contribution is 7.92. The summed E-state index contributed by atoms with van der Waals surface area (Å²) in [7, 11) is -2.57. The van der Waals surface area contributed by atoms with Gasteiger partial charge in [-0.15, -0.1) is 0 Å². The van der Waals surface area contributed by atoms with Crippen LogP contribution in [0.4, 0.5) is 14.5 Å². The first-order valence-corrected chi connectivity index (χ1v) is 8.26. The Morgan fingerprint density at radius 1 is 0.826 bits per heavy atom. The van der Waals surface area contributed by atoms with Crippen LogP contribution >= 0.6 is 0 Å². The van der Waals surface area contributed by atoms with Crippen LogP contribution in [0.2, 0.25) is 0 Å². The molecule has 0 N–H and O–H groups in total. The van der Waals surface area contributed by atoms with Gasteiger partial charge in [0.15, 0.2) is 11.6 Å². The van der Waals surface area contributed by atoms with Gasteiger partial charge in [-0.2, -0.15) is 0 Å². The van der Waals surface area contributed by atoms with Gasteiger partial charge in [-0.3, -0.25) is 4.31 Å². The average Bonchev–Trinajstić information content (AvgIpc) is 2.56. The molecule has 0 unspecified atom stereocenters. The molecule has 0 fully saturated rings. The number of benzene rings is 3. The fourth-order valence-corrected chi connectivity index (χ4v) is 3.53. The van der Waals surface area contributed by atoms with Crippen molar-refractivity contribution < 1.29 is 17.2 Å². The summed E-state index contributed by atoms with van der Waals surface area (Å²) in [5.41, 5.74) is 0.0528. The van der Waals surface area contributed by atoms with Crippen molar-refractivity contribution in [2.24, 2.45) is 0 Å². The molecule has 0 bridgehead atoms. The highest BCUT2D eigenvalue weighted by atomic mass is 32.2. The van der Waals surface area contributed by atoms with E-state index in [0.29, 0.717) is 0 Å². The molecular weight excluding hydrogens is 320 g/mol. The lowest BCUT2D eigenvalue weighted by Gasteiger charge is -2.20. The Balaban J connectivity index is 2.06. The van der Waals surface area contributed by atoms with Crippen LogP contribution in [0, 0.1) is 11.6 Å². The molecule has 3 nitrogen and oxygen atoms in total. The van der Waals surface area contributed by atoms with Crippen molar-refractivity contribution in [1.29, 1.82) is 0 Å². The zero-order valence-electron chi connectivity index (χ0n) is 12.2. The van der Waals surface area contributed by atoms with E-state index in [-0.39, 0.29) is 10.6 Å². The van der Waals surface area contributed by atoms with Gasteiger partial charge < -0.3 is 0 Å². The standard InChI is InChI=1S/C17H13F2NO2S/c1-20(14-7-9-16(18)17(19)11-14)23(21,22)15-8-6-12-4-2-3-5-13(12)10-15/h2-11H,1H3. The number of halogens is 2. The quantitative estimate of drug-likeness (QED) is 0.728. The molecule has 0 amide bonds. The third kappa shape index (κ3) is 2.77. The minimum Gasteiger partial charge on any atom is -0.269 e. The van der Waals surface area contributed by atoms with Crippen LogP contribution in [0.1, 0.15) is 0 Å². The smallest absolute Gasteiger partial charge is 0.264 e. The normalized spacial score (nSPS) is 11.6. The van der Waals surface area contributed by atoms with Crippen molar-refractivity contribution in [3.63, 3.8) is 0 Å². The van der Waals surface area contributed by atoms with E-state index in [0.717, 1.165) is 27.2 Å². The molecule has 0 aliphatic carbocycles. The zero-order valence-corrected chi connectivity index (χ0v) is 13.0. The molecule has 0 saturated carbocycles. The van der Waals surface area contributed by atoms with Gasteiger partial charge >= 0.3 is 0 Å². The molecule has 0 aromatic heterocycles. The second-order valence-electron chi connectivity index (χ2n) is 5.08. The third-order valence-electron chi connectivity index (χ3n) is 3.65. The molecule has 3 aromatic carbocycles. The SMILES string of the molecule is CN(c1ccc(F)c(F)c1)S(=O)(=O)c1ccc2ccccc2c1. The molecule has 0 saturated heterocycles. The highest BCUT2D eigenvalue weighted by Gasteiger charge is 2.22. The highest BCUT2D eigenvalue weighted by Crippen LogP contribution is 2.26. The maximum atomic E-state index is 13.3. The van der Waals surface area contributed by atoms with Crippen LogP contribution in [-0.4, -0.2) is 15.5 Å². The summed E-state index contributed by atoms with van der Waals surface area (Å²) in [4.78, 5) is 0.0865. The molecular formula is C17H13F2NO2S. The molecule has 0 aliphatic rings. The van der Waals surface area contributed by atoms with Gasteiger partial charge in [0.1, 0.15) is 0 Å². The van der Waals surface area contributed by atoms with E-state index in [9.17, 15) is 17.2 Å². The number of nitrogens with zero attached hydrogens (tertiary/aromatic N) is 1. The summed E-state index contributed by atoms with van der Waals surface area (Å²) < 4.78 is 52.6. The maximum Gasteiger partial charge on any atom is 0.264 e. The topological polar surface area (TPSA) is 37.4 Å². The summed E-state index contributed by atoms with van der Waals surface area (Å²) in [6.07, 6.45) is 0. The summed E-state index contributed by atoms with van der Waals surface area (Å²) in [6, 6.07) is 15.1. The van der Waals surface area contributed by atoms with Gasteiger partial charge in [-0.25, -0.2) is 17.2 Å². The molecule has 0 radical (unpaired) electrons. The van der Waals surface area contributed by atoms with Gasteiger partial charge in [-0.05, 0) is 35.0 Å². The summed E-state index contributed by atoms with van der Waals surface area (Å²) in [6.45, 7) is 0. The molecule has 0 aliphatic heterocycles. The molecule has 118 valence electrons. The van der Waals surface area contributed by atoms with Crippen LogP contribution in [0.3, 0.4) is 0 Å². The van der Waals surface area contributed by atoms with Crippen LogP contribution in [0.5, 0.6) is 0 Å². The minimum atomic E-state index is -3.87. The monoisotopic (exact) mass is 333 g/mol. The molecule has 3 aromatic rings. The van der Waals surface area contributed by atoms with E-state index < -0.39 is 21.7 Å². The number of hydrogen-bond acceptors (Lipinski definition) is 2. The van der Waals surface area contributed by atoms with Crippen molar-refractivity contribution in [3.05, 3.63) is 72.3 Å². The fraction of sp³-hybridized carbons (Fsp3) is 0.0588. The maximum absolute atomic E-state index is 13.3. The van der Waals surface area contributed by atoms with Crippen LogP contribution in [-0.2, 0) is 10.0 Å². The van der Waals surface area contributed by atoms with Crippen molar-refractivity contribution in [1.82, 2.24) is 0 Å². The lowest BCUT2D eigenvalue weighted by Crippen LogP contribution is -2.26. The average molecular weight is 333 g/mol. The second-order valence-corrected chi connectivity index (χ2v) is 7.05. The zero-order chi connectivity index (χ0) is 16.6. The van der Waals surface area contributed by atoms with E-state index >= 15 is 0 Å². The molecule has 3 rings (SSSR count). The predicted octanol–water partition coefficient (Wildman–Crippen LogP) is 3.94. The first-order chi connectivity index (χ1) is 10.9. The van der Waals surface area contributed by atoms with Gasteiger partial charge in [-0.1, -0.05) is 30.3 Å². The summed E-state index contributed by atoms with van der Waals surface area (Å²) in [5.74, 6) is -2.12. The molecule has 0 atom stereocenters. The molecule has 0 heterocycles. The lowest BCUT2D eigenvalue weighted by atomic mass is 10.1. The van der Waals surface area contributed by atoms with E-state index in [4.69, 9.17) is 0 Å². The van der Waals surface area contributed by atoms with E-state index in [1.54, 1.807) is 12.1 Å². The van der Waals surface area contributed by atoms with Crippen molar-refractivity contribution in [3.8, 4) is 0 Å². The Labute approximate surface area is 132 Å². The largest absolute Gasteiger partial charge is 0.269 e. The second kappa shape index (κ2) is 5.62. The van der Waals surface area contributed by atoms with E-state index in [2.05, 4.69) is 0 Å². The summed E-state index contributed by atoms with van der Waals surface area (Å²) in [5, 5.41) is 1.70. The molecule has 23 heavy (non-hydrogen) atoms. The Kier molecular flexibility index (Phi) is 3.77. The predicted molar refractivity (Wildman–Crippen MR) is 85.9 cm³/mol. The Hall–Kier alpha value is -2.47. The molecule has 6 heteroatoms. The van der Waals surface area contributed by atoms with Crippen molar-refractivity contribution >= 4 is 26.5 Å². The Morgan fingerprint density at radius 3 is 2.22 bits per heavy atom. The van der Waals surface area contributed by atoms with Gasteiger partial charge in [0, 0.05) is 13.1 Å².